The summed E-state index contributed by atoms with van der Waals surface area (Å²) in [7, 11) is 1.92. The van der Waals surface area contributed by atoms with Crippen molar-refractivity contribution in [2.24, 2.45) is 7.05 Å². The quantitative estimate of drug-likeness (QED) is 0.297. The van der Waals surface area contributed by atoms with Gasteiger partial charge in [-0.3, -0.25) is 0 Å². The van der Waals surface area contributed by atoms with Gasteiger partial charge in [-0.05, 0) is 49.7 Å². The van der Waals surface area contributed by atoms with Crippen LogP contribution < -0.4 is 10.5 Å². The van der Waals surface area contributed by atoms with E-state index in [2.05, 4.69) is 53.2 Å². The lowest BCUT2D eigenvalue weighted by molar-refractivity contribution is 0.473. The summed E-state index contributed by atoms with van der Waals surface area (Å²) < 4.78 is 7.13. The minimum atomic E-state index is -0.484. The van der Waals surface area contributed by atoms with Crippen molar-refractivity contribution >= 4 is 40.0 Å². The maximum atomic E-state index is 12.0. The van der Waals surface area contributed by atoms with Crippen LogP contribution in [0.3, 0.4) is 0 Å². The molecule has 0 saturated heterocycles. The number of anilines is 1. The SMILES string of the molecule is CCN(CC)c1ccc(-c2nnc(SCc3cc(=O)oc4cc(O)c(Cl)cc34)n2C)cc1. The molecular formula is C23H23ClN4O3S. The van der Waals surface area contributed by atoms with Gasteiger partial charge in [-0.15, -0.1) is 10.2 Å². The van der Waals surface area contributed by atoms with Gasteiger partial charge in [0.2, 0.25) is 0 Å². The zero-order valence-electron chi connectivity index (χ0n) is 18.0. The fraction of sp³-hybridized carbons (Fsp3) is 0.261. The number of thioether (sulfide) groups is 1. The molecule has 32 heavy (non-hydrogen) atoms. The van der Waals surface area contributed by atoms with Gasteiger partial charge < -0.3 is 19.0 Å². The van der Waals surface area contributed by atoms with Crippen LogP contribution in [0.25, 0.3) is 22.4 Å². The van der Waals surface area contributed by atoms with E-state index in [1.54, 1.807) is 6.07 Å². The summed E-state index contributed by atoms with van der Waals surface area (Å²) in [5.74, 6) is 1.11. The van der Waals surface area contributed by atoms with Crippen molar-refractivity contribution in [2.75, 3.05) is 18.0 Å². The summed E-state index contributed by atoms with van der Waals surface area (Å²) in [4.78, 5) is 14.2. The number of benzene rings is 2. The lowest BCUT2D eigenvalue weighted by atomic mass is 10.1. The van der Waals surface area contributed by atoms with E-state index in [0.29, 0.717) is 16.7 Å². The van der Waals surface area contributed by atoms with Crippen LogP contribution >= 0.6 is 23.4 Å². The molecule has 9 heteroatoms. The highest BCUT2D eigenvalue weighted by atomic mass is 35.5. The number of halogens is 1. The minimum absolute atomic E-state index is 0.128. The Hall–Kier alpha value is -2.97. The Morgan fingerprint density at radius 1 is 1.12 bits per heavy atom. The zero-order chi connectivity index (χ0) is 22.8. The highest BCUT2D eigenvalue weighted by Gasteiger charge is 2.15. The Labute approximate surface area is 194 Å². The molecule has 0 aliphatic rings. The van der Waals surface area contributed by atoms with E-state index in [9.17, 15) is 9.90 Å². The number of aromatic nitrogens is 3. The monoisotopic (exact) mass is 470 g/mol. The molecule has 0 aliphatic carbocycles. The van der Waals surface area contributed by atoms with Crippen molar-refractivity contribution in [1.82, 2.24) is 14.8 Å². The summed E-state index contributed by atoms with van der Waals surface area (Å²) in [6.07, 6.45) is 0. The summed E-state index contributed by atoms with van der Waals surface area (Å²) in [5, 5.41) is 20.1. The van der Waals surface area contributed by atoms with Crippen LogP contribution in [0.15, 0.2) is 56.8 Å². The normalized spacial score (nSPS) is 11.2. The second-order valence-electron chi connectivity index (χ2n) is 7.26. The van der Waals surface area contributed by atoms with Crippen LogP contribution in [-0.2, 0) is 12.8 Å². The molecule has 2 aromatic carbocycles. The molecule has 0 radical (unpaired) electrons. The molecule has 0 bridgehead atoms. The maximum Gasteiger partial charge on any atom is 0.336 e. The van der Waals surface area contributed by atoms with E-state index in [1.165, 1.54) is 29.6 Å². The first-order chi connectivity index (χ1) is 15.4. The van der Waals surface area contributed by atoms with Gasteiger partial charge in [0.1, 0.15) is 11.3 Å². The molecule has 0 amide bonds. The van der Waals surface area contributed by atoms with Gasteiger partial charge in [-0.1, -0.05) is 23.4 Å². The standard InChI is InChI=1S/C23H23ClN4O3S/c1-4-28(5-2)16-8-6-14(7-9-16)22-25-26-23(27(22)3)32-13-15-10-21(30)31-20-12-19(29)18(24)11-17(15)20/h6-12,29H,4-5,13H2,1-3H3. The molecule has 0 saturated carbocycles. The molecule has 0 fully saturated rings. The van der Waals surface area contributed by atoms with E-state index in [1.807, 2.05) is 11.6 Å². The Bertz CT molecular complexity index is 1310. The molecule has 4 aromatic rings. The number of aromatic hydroxyl groups is 1. The number of phenols is 1. The molecular weight excluding hydrogens is 448 g/mol. The topological polar surface area (TPSA) is 84.4 Å². The molecule has 0 aliphatic heterocycles. The smallest absolute Gasteiger partial charge is 0.336 e. The summed E-state index contributed by atoms with van der Waals surface area (Å²) in [6, 6.07) is 12.7. The number of phenolic OH excluding ortho intramolecular Hbond substituents is 1. The summed E-state index contributed by atoms with van der Waals surface area (Å²) >= 11 is 7.52. The third-order valence-electron chi connectivity index (χ3n) is 5.34. The van der Waals surface area contributed by atoms with Gasteiger partial charge in [0, 0.05) is 54.7 Å². The van der Waals surface area contributed by atoms with Crippen LogP contribution in [0, 0.1) is 0 Å². The molecule has 166 valence electrons. The minimum Gasteiger partial charge on any atom is -0.506 e. The van der Waals surface area contributed by atoms with Crippen LogP contribution in [0.1, 0.15) is 19.4 Å². The van der Waals surface area contributed by atoms with E-state index in [-0.39, 0.29) is 10.8 Å². The molecule has 0 spiro atoms. The molecule has 2 heterocycles. The largest absolute Gasteiger partial charge is 0.506 e. The van der Waals surface area contributed by atoms with E-state index >= 15 is 0 Å². The molecule has 1 N–H and O–H groups in total. The lowest BCUT2D eigenvalue weighted by Crippen LogP contribution is -2.21. The van der Waals surface area contributed by atoms with Gasteiger partial charge in [0.25, 0.3) is 0 Å². The van der Waals surface area contributed by atoms with Gasteiger partial charge in [0.05, 0.1) is 5.02 Å². The Morgan fingerprint density at radius 2 is 1.84 bits per heavy atom. The predicted molar refractivity (Wildman–Crippen MR) is 129 cm³/mol. The van der Waals surface area contributed by atoms with E-state index in [0.717, 1.165) is 35.2 Å². The Kier molecular flexibility index (Phi) is 6.43. The second-order valence-corrected chi connectivity index (χ2v) is 8.61. The van der Waals surface area contributed by atoms with Crippen molar-refractivity contribution in [1.29, 1.82) is 0 Å². The van der Waals surface area contributed by atoms with Crippen LogP contribution in [0.5, 0.6) is 5.75 Å². The third-order valence-corrected chi connectivity index (χ3v) is 6.72. The number of rotatable bonds is 7. The molecule has 2 aromatic heterocycles. The van der Waals surface area contributed by atoms with Crippen LogP contribution in [0.2, 0.25) is 5.02 Å². The van der Waals surface area contributed by atoms with Gasteiger partial charge in [-0.25, -0.2) is 4.79 Å². The molecule has 0 atom stereocenters. The van der Waals surface area contributed by atoms with Crippen molar-refractivity contribution in [3.05, 3.63) is 63.5 Å². The zero-order valence-corrected chi connectivity index (χ0v) is 19.6. The first-order valence-electron chi connectivity index (χ1n) is 10.2. The number of hydrogen-bond acceptors (Lipinski definition) is 7. The first-order valence-corrected chi connectivity index (χ1v) is 11.6. The average molecular weight is 471 g/mol. The van der Waals surface area contributed by atoms with Crippen LogP contribution in [-0.4, -0.2) is 33.0 Å². The Balaban J connectivity index is 1.58. The fourth-order valence-corrected chi connectivity index (χ4v) is 4.67. The lowest BCUT2D eigenvalue weighted by Gasteiger charge is -2.21. The maximum absolute atomic E-state index is 12.0. The van der Waals surface area contributed by atoms with Crippen LogP contribution in [0.4, 0.5) is 5.69 Å². The third kappa shape index (κ3) is 4.33. The molecule has 0 unspecified atom stereocenters. The van der Waals surface area contributed by atoms with Gasteiger partial charge in [-0.2, -0.15) is 0 Å². The summed E-state index contributed by atoms with van der Waals surface area (Å²) in [6.45, 7) is 6.19. The number of nitrogens with zero attached hydrogens (tertiary/aromatic N) is 4. The van der Waals surface area contributed by atoms with Crippen molar-refractivity contribution in [3.63, 3.8) is 0 Å². The molecule has 7 nitrogen and oxygen atoms in total. The Morgan fingerprint density at radius 3 is 2.53 bits per heavy atom. The van der Waals surface area contributed by atoms with Gasteiger partial charge >= 0.3 is 5.63 Å². The second kappa shape index (κ2) is 9.26. The number of hydrogen-bond donors (Lipinski definition) is 1. The highest BCUT2D eigenvalue weighted by Crippen LogP contribution is 2.33. The van der Waals surface area contributed by atoms with Crippen molar-refractivity contribution in [3.8, 4) is 17.1 Å². The number of fused-ring (bicyclic) bond motifs is 1. The summed E-state index contributed by atoms with van der Waals surface area (Å²) in [5.41, 5.74) is 2.71. The first kappa shape index (κ1) is 22.2. The molecule has 4 rings (SSSR count). The average Bonchev–Trinajstić information content (AvgIpc) is 3.15. The fourth-order valence-electron chi connectivity index (χ4n) is 3.60. The highest BCUT2D eigenvalue weighted by molar-refractivity contribution is 7.98. The van der Waals surface area contributed by atoms with Crippen molar-refractivity contribution < 1.29 is 9.52 Å². The van der Waals surface area contributed by atoms with Crippen molar-refractivity contribution in [2.45, 2.75) is 24.8 Å². The van der Waals surface area contributed by atoms with E-state index in [4.69, 9.17) is 16.0 Å². The van der Waals surface area contributed by atoms with E-state index < -0.39 is 5.63 Å². The predicted octanol–water partition coefficient (Wildman–Crippen LogP) is 5.09. The van der Waals surface area contributed by atoms with Gasteiger partial charge in [0.15, 0.2) is 11.0 Å².